The van der Waals surface area contributed by atoms with Gasteiger partial charge in [-0.3, -0.25) is 14.5 Å². The van der Waals surface area contributed by atoms with Crippen LogP contribution in [0.2, 0.25) is 5.02 Å². The molecule has 0 spiro atoms. The van der Waals surface area contributed by atoms with Crippen molar-refractivity contribution in [3.8, 4) is 11.5 Å². The lowest BCUT2D eigenvalue weighted by molar-refractivity contribution is -0.124. The predicted octanol–water partition coefficient (Wildman–Crippen LogP) is 6.37. The fourth-order valence-corrected chi connectivity index (χ4v) is 4.82. The van der Waals surface area contributed by atoms with E-state index < -0.39 is 0 Å². The van der Waals surface area contributed by atoms with Gasteiger partial charge in [0.15, 0.2) is 11.5 Å². The van der Waals surface area contributed by atoms with Gasteiger partial charge in [-0.1, -0.05) is 36.7 Å². The van der Waals surface area contributed by atoms with Crippen LogP contribution < -0.4 is 9.47 Å². The Hall–Kier alpha value is -1.71. The second-order valence-electron chi connectivity index (χ2n) is 6.72. The Morgan fingerprint density at radius 3 is 2.67 bits per heavy atom. The summed E-state index contributed by atoms with van der Waals surface area (Å²) in [4.78, 5) is 26.6. The normalized spacial score (nSPS) is 16.3. The summed E-state index contributed by atoms with van der Waals surface area (Å²) in [7, 11) is 1.56. The second kappa shape index (κ2) is 10.1. The first-order chi connectivity index (χ1) is 14.3. The number of rotatable bonds is 7. The first-order valence-electron chi connectivity index (χ1n) is 9.36. The molecule has 1 heterocycles. The molecule has 2 aromatic carbocycles. The highest BCUT2D eigenvalue weighted by atomic mass is 127. The molecular weight excluding hydrogens is 537 g/mol. The molecule has 158 valence electrons. The lowest BCUT2D eigenvalue weighted by Gasteiger charge is -2.19. The van der Waals surface area contributed by atoms with Gasteiger partial charge in [-0.15, -0.1) is 0 Å². The van der Waals surface area contributed by atoms with Gasteiger partial charge in [0.25, 0.3) is 11.1 Å². The molecule has 2 aromatic rings. The van der Waals surface area contributed by atoms with Gasteiger partial charge in [-0.25, -0.2) is 0 Å². The average Bonchev–Trinajstić information content (AvgIpc) is 3.00. The van der Waals surface area contributed by atoms with E-state index in [0.29, 0.717) is 34.5 Å². The lowest BCUT2D eigenvalue weighted by atomic mass is 10.1. The van der Waals surface area contributed by atoms with Crippen LogP contribution in [-0.4, -0.2) is 29.2 Å². The summed E-state index contributed by atoms with van der Waals surface area (Å²) >= 11 is 9.34. The third-order valence-electron chi connectivity index (χ3n) is 4.73. The molecule has 1 atom stereocenters. The molecule has 0 saturated carbocycles. The van der Waals surface area contributed by atoms with Gasteiger partial charge in [-0.2, -0.15) is 0 Å². The molecule has 1 aliphatic heterocycles. The molecule has 5 nitrogen and oxygen atoms in total. The molecule has 1 saturated heterocycles. The number of amides is 2. The highest BCUT2D eigenvalue weighted by molar-refractivity contribution is 14.1. The van der Waals surface area contributed by atoms with Gasteiger partial charge in [0.2, 0.25) is 0 Å². The molecule has 0 unspecified atom stereocenters. The van der Waals surface area contributed by atoms with Crippen molar-refractivity contribution >= 4 is 63.2 Å². The number of carbonyl (C=O) groups excluding carboxylic acids is 2. The molecule has 2 amide bonds. The van der Waals surface area contributed by atoms with Crippen LogP contribution in [0.25, 0.3) is 6.08 Å². The zero-order valence-electron chi connectivity index (χ0n) is 16.8. The van der Waals surface area contributed by atoms with Crippen molar-refractivity contribution in [1.82, 2.24) is 4.90 Å². The first kappa shape index (κ1) is 23.0. The Kier molecular flexibility index (Phi) is 7.70. The van der Waals surface area contributed by atoms with E-state index in [1.807, 2.05) is 44.2 Å². The van der Waals surface area contributed by atoms with Gasteiger partial charge in [0, 0.05) is 16.6 Å². The quantitative estimate of drug-likeness (QED) is 0.293. The molecule has 0 aromatic heterocycles. The highest BCUT2D eigenvalue weighted by Crippen LogP contribution is 2.38. The fourth-order valence-electron chi connectivity index (χ4n) is 2.92. The standard InChI is InChI=1S/C22H21ClINO4S/c1-4-13(2)25-21(26)19(30-22(25)27)11-14-9-17(24)20(18(10-14)28-3)29-12-15-7-5-6-8-16(15)23/h5-11,13H,4,12H2,1-3H3/b19-11+/t13-/m1/s1. The van der Waals surface area contributed by atoms with Crippen molar-refractivity contribution in [2.45, 2.75) is 32.9 Å². The molecular formula is C22H21ClINO4S. The van der Waals surface area contributed by atoms with Crippen molar-refractivity contribution in [3.05, 3.63) is 61.0 Å². The molecule has 0 aliphatic carbocycles. The molecule has 3 rings (SSSR count). The zero-order valence-corrected chi connectivity index (χ0v) is 20.5. The van der Waals surface area contributed by atoms with E-state index in [1.165, 1.54) is 4.90 Å². The van der Waals surface area contributed by atoms with E-state index in [4.69, 9.17) is 21.1 Å². The van der Waals surface area contributed by atoms with Crippen LogP contribution in [0.4, 0.5) is 4.79 Å². The third kappa shape index (κ3) is 4.95. The number of halogens is 2. The average molecular weight is 558 g/mol. The summed E-state index contributed by atoms with van der Waals surface area (Å²) in [6.45, 7) is 4.13. The summed E-state index contributed by atoms with van der Waals surface area (Å²) < 4.78 is 12.3. The van der Waals surface area contributed by atoms with Crippen LogP contribution in [0.1, 0.15) is 31.4 Å². The van der Waals surface area contributed by atoms with E-state index in [1.54, 1.807) is 19.3 Å². The number of hydrogen-bond acceptors (Lipinski definition) is 5. The van der Waals surface area contributed by atoms with E-state index in [-0.39, 0.29) is 17.2 Å². The van der Waals surface area contributed by atoms with Gasteiger partial charge >= 0.3 is 0 Å². The van der Waals surface area contributed by atoms with Gasteiger partial charge < -0.3 is 9.47 Å². The summed E-state index contributed by atoms with van der Waals surface area (Å²) in [5.74, 6) is 0.886. The minimum atomic E-state index is -0.257. The smallest absolute Gasteiger partial charge is 0.293 e. The van der Waals surface area contributed by atoms with E-state index in [0.717, 1.165) is 26.5 Å². The Bertz CT molecular complexity index is 1010. The molecule has 30 heavy (non-hydrogen) atoms. The molecule has 1 fully saturated rings. The Morgan fingerprint density at radius 1 is 1.27 bits per heavy atom. The Morgan fingerprint density at radius 2 is 2.00 bits per heavy atom. The maximum Gasteiger partial charge on any atom is 0.293 e. The summed E-state index contributed by atoms with van der Waals surface area (Å²) in [6, 6.07) is 11.1. The van der Waals surface area contributed by atoms with E-state index in [9.17, 15) is 9.59 Å². The van der Waals surface area contributed by atoms with Crippen LogP contribution in [0.5, 0.6) is 11.5 Å². The maximum atomic E-state index is 12.7. The SMILES string of the molecule is CC[C@@H](C)N1C(=O)S/C(=C/c2cc(I)c(OCc3ccccc3Cl)c(OC)c2)C1=O. The molecule has 1 aliphatic rings. The topological polar surface area (TPSA) is 55.8 Å². The van der Waals surface area contributed by atoms with Gasteiger partial charge in [0.05, 0.1) is 15.6 Å². The second-order valence-corrected chi connectivity index (χ2v) is 9.29. The number of ether oxygens (including phenoxy) is 2. The maximum absolute atomic E-state index is 12.7. The van der Waals surface area contributed by atoms with Crippen molar-refractivity contribution < 1.29 is 19.1 Å². The molecule has 0 bridgehead atoms. The van der Waals surface area contributed by atoms with Crippen LogP contribution in [-0.2, 0) is 11.4 Å². The van der Waals surface area contributed by atoms with Crippen molar-refractivity contribution in [2.24, 2.45) is 0 Å². The number of methoxy groups -OCH3 is 1. The Labute approximate surface area is 198 Å². The molecule has 0 N–H and O–H groups in total. The first-order valence-corrected chi connectivity index (χ1v) is 11.6. The number of thioether (sulfide) groups is 1. The number of nitrogens with zero attached hydrogens (tertiary/aromatic N) is 1. The van der Waals surface area contributed by atoms with Gasteiger partial charge in [0.1, 0.15) is 6.61 Å². The number of carbonyl (C=O) groups is 2. The van der Waals surface area contributed by atoms with Crippen LogP contribution in [0, 0.1) is 3.57 Å². The summed E-state index contributed by atoms with van der Waals surface area (Å²) in [5, 5.41) is 0.405. The van der Waals surface area contributed by atoms with Gasteiger partial charge in [-0.05, 0) is 77.5 Å². The molecule has 8 heteroatoms. The van der Waals surface area contributed by atoms with Crippen molar-refractivity contribution in [3.63, 3.8) is 0 Å². The third-order valence-corrected chi connectivity index (χ3v) is 6.79. The highest BCUT2D eigenvalue weighted by Gasteiger charge is 2.37. The van der Waals surface area contributed by atoms with Crippen LogP contribution in [0.3, 0.4) is 0 Å². The zero-order chi connectivity index (χ0) is 21.8. The predicted molar refractivity (Wildman–Crippen MR) is 129 cm³/mol. The van der Waals surface area contributed by atoms with Crippen LogP contribution >= 0.6 is 46.0 Å². The Balaban J connectivity index is 1.85. The summed E-state index contributed by atoms with van der Waals surface area (Å²) in [6.07, 6.45) is 2.43. The number of imide groups is 1. The monoisotopic (exact) mass is 557 g/mol. The minimum Gasteiger partial charge on any atom is -0.493 e. The number of hydrogen-bond donors (Lipinski definition) is 0. The summed E-state index contributed by atoms with van der Waals surface area (Å²) in [5.41, 5.74) is 1.64. The fraction of sp³-hybridized carbons (Fsp3) is 0.273. The lowest BCUT2D eigenvalue weighted by Crippen LogP contribution is -2.36. The van der Waals surface area contributed by atoms with Crippen LogP contribution in [0.15, 0.2) is 41.3 Å². The van der Waals surface area contributed by atoms with E-state index in [2.05, 4.69) is 22.6 Å². The largest absolute Gasteiger partial charge is 0.493 e. The van der Waals surface area contributed by atoms with Crippen molar-refractivity contribution in [1.29, 1.82) is 0 Å². The molecule has 0 radical (unpaired) electrons. The number of benzene rings is 2. The van der Waals surface area contributed by atoms with E-state index >= 15 is 0 Å². The minimum absolute atomic E-state index is 0.126. The van der Waals surface area contributed by atoms with Crippen molar-refractivity contribution in [2.75, 3.05) is 7.11 Å².